The summed E-state index contributed by atoms with van der Waals surface area (Å²) < 4.78 is 27.1. The van der Waals surface area contributed by atoms with E-state index in [4.69, 9.17) is 9.29 Å². The van der Waals surface area contributed by atoms with Crippen LogP contribution in [0.15, 0.2) is 30.3 Å². The first-order chi connectivity index (χ1) is 10.3. The van der Waals surface area contributed by atoms with Crippen LogP contribution in [0.1, 0.15) is 5.56 Å². The number of nitrogens with one attached hydrogen (secondary N) is 1. The van der Waals surface area contributed by atoms with Gasteiger partial charge in [-0.2, -0.15) is 8.42 Å². The third-order valence-corrected chi connectivity index (χ3v) is 4.18. The molecule has 22 heavy (non-hydrogen) atoms. The Morgan fingerprint density at radius 1 is 1.36 bits per heavy atom. The Bertz CT molecular complexity index is 605. The van der Waals surface area contributed by atoms with Crippen LogP contribution < -0.4 is 5.32 Å². The van der Waals surface area contributed by atoms with E-state index in [0.717, 1.165) is 11.8 Å². The molecule has 0 aromatic heterocycles. The zero-order valence-electron chi connectivity index (χ0n) is 12.3. The Morgan fingerprint density at radius 3 is 2.64 bits per heavy atom. The highest BCUT2D eigenvalue weighted by molar-refractivity contribution is 7.85. The van der Waals surface area contributed by atoms with E-state index in [9.17, 15) is 13.2 Å². The molecule has 2 N–H and O–H groups in total. The molecule has 2 unspecified atom stereocenters. The smallest absolute Gasteiger partial charge is 0.407 e. The molecule has 1 fully saturated rings. The quantitative estimate of drug-likeness (QED) is 0.748. The lowest BCUT2D eigenvalue weighted by molar-refractivity contribution is 0.152. The number of carboxylic acid groups (broad SMARTS) is 1. The average Bonchev–Trinajstić information content (AvgIpc) is 2.87. The van der Waals surface area contributed by atoms with Crippen LogP contribution in [0.5, 0.6) is 0 Å². The van der Waals surface area contributed by atoms with Crippen LogP contribution in [0, 0.1) is 5.92 Å². The molecule has 1 aliphatic rings. The maximum Gasteiger partial charge on any atom is 0.407 e. The van der Waals surface area contributed by atoms with Gasteiger partial charge in [-0.1, -0.05) is 30.3 Å². The topological polar surface area (TPSA) is 95.9 Å². The molecule has 122 valence electrons. The maximum absolute atomic E-state index is 11.1. The van der Waals surface area contributed by atoms with Crippen LogP contribution in [-0.2, 0) is 20.8 Å². The van der Waals surface area contributed by atoms with Crippen molar-refractivity contribution in [1.29, 1.82) is 0 Å². The number of hydrogen-bond donors (Lipinski definition) is 2. The standard InChI is InChI=1S/C14H20N2O5S/c1-22(19,20)21-10-12-8-16(14(17)18)9-13(12)15-7-11-5-3-2-4-6-11/h2-6,12-13,15H,7-10H2,1H3,(H,17,18). The first-order valence-electron chi connectivity index (χ1n) is 6.95. The molecule has 2 rings (SSSR count). The van der Waals surface area contributed by atoms with Crippen molar-refractivity contribution in [2.24, 2.45) is 5.92 Å². The average molecular weight is 328 g/mol. The van der Waals surface area contributed by atoms with E-state index in [-0.39, 0.29) is 25.1 Å². The van der Waals surface area contributed by atoms with Gasteiger partial charge in [-0.15, -0.1) is 0 Å². The summed E-state index contributed by atoms with van der Waals surface area (Å²) in [6, 6.07) is 9.59. The van der Waals surface area contributed by atoms with Gasteiger partial charge in [0.15, 0.2) is 0 Å². The molecule has 0 bridgehead atoms. The summed E-state index contributed by atoms with van der Waals surface area (Å²) in [6.07, 6.45) is -0.0167. The number of hydrogen-bond acceptors (Lipinski definition) is 5. The van der Waals surface area contributed by atoms with Gasteiger partial charge in [-0.3, -0.25) is 4.18 Å². The Labute approximate surface area is 130 Å². The van der Waals surface area contributed by atoms with Crippen molar-refractivity contribution in [2.45, 2.75) is 12.6 Å². The Morgan fingerprint density at radius 2 is 2.05 bits per heavy atom. The lowest BCUT2D eigenvalue weighted by Gasteiger charge is -2.19. The van der Waals surface area contributed by atoms with Gasteiger partial charge in [0.25, 0.3) is 10.1 Å². The Hall–Kier alpha value is -1.64. The molecule has 0 aliphatic carbocycles. The predicted molar refractivity (Wildman–Crippen MR) is 81.0 cm³/mol. The number of amides is 1. The Balaban J connectivity index is 1.96. The van der Waals surface area contributed by atoms with Crippen LogP contribution in [0.3, 0.4) is 0 Å². The van der Waals surface area contributed by atoms with Crippen LogP contribution in [0.4, 0.5) is 4.79 Å². The molecule has 1 heterocycles. The van der Waals surface area contributed by atoms with Gasteiger partial charge < -0.3 is 15.3 Å². The summed E-state index contributed by atoms with van der Waals surface area (Å²) in [5.41, 5.74) is 1.08. The fourth-order valence-corrected chi connectivity index (χ4v) is 2.91. The van der Waals surface area contributed by atoms with Gasteiger partial charge in [0.05, 0.1) is 12.9 Å². The number of nitrogens with zero attached hydrogens (tertiary/aromatic N) is 1. The monoisotopic (exact) mass is 328 g/mol. The van der Waals surface area contributed by atoms with Gasteiger partial charge in [0.2, 0.25) is 0 Å². The molecular weight excluding hydrogens is 308 g/mol. The summed E-state index contributed by atoms with van der Waals surface area (Å²) in [4.78, 5) is 12.4. The normalized spacial score (nSPS) is 22.0. The molecule has 0 radical (unpaired) electrons. The van der Waals surface area contributed by atoms with E-state index in [1.54, 1.807) is 0 Å². The maximum atomic E-state index is 11.1. The second kappa shape index (κ2) is 7.08. The highest BCUT2D eigenvalue weighted by Crippen LogP contribution is 2.19. The van der Waals surface area contributed by atoms with E-state index in [1.165, 1.54) is 4.90 Å². The molecule has 0 spiro atoms. The largest absolute Gasteiger partial charge is 0.465 e. The molecule has 1 amide bonds. The first kappa shape index (κ1) is 16.7. The zero-order chi connectivity index (χ0) is 16.2. The van der Waals surface area contributed by atoms with Crippen molar-refractivity contribution in [2.75, 3.05) is 26.0 Å². The van der Waals surface area contributed by atoms with Crippen molar-refractivity contribution in [3.8, 4) is 0 Å². The molecule has 1 aromatic rings. The molecule has 7 nitrogen and oxygen atoms in total. The molecule has 0 saturated carbocycles. The van der Waals surface area contributed by atoms with Crippen LogP contribution in [0.25, 0.3) is 0 Å². The minimum absolute atomic E-state index is 0.0188. The van der Waals surface area contributed by atoms with Crippen LogP contribution >= 0.6 is 0 Å². The fourth-order valence-electron chi connectivity index (χ4n) is 2.48. The zero-order valence-corrected chi connectivity index (χ0v) is 13.1. The third-order valence-electron chi connectivity index (χ3n) is 3.62. The van der Waals surface area contributed by atoms with E-state index in [1.807, 2.05) is 30.3 Å². The molecule has 1 aliphatic heterocycles. The predicted octanol–water partition coefficient (Wildman–Crippen LogP) is 0.731. The van der Waals surface area contributed by atoms with E-state index >= 15 is 0 Å². The number of likely N-dealkylation sites (tertiary alicyclic amines) is 1. The molecule has 2 atom stereocenters. The van der Waals surface area contributed by atoms with Crippen LogP contribution in [0.2, 0.25) is 0 Å². The second-order valence-corrected chi connectivity index (χ2v) is 7.05. The first-order valence-corrected chi connectivity index (χ1v) is 8.76. The highest BCUT2D eigenvalue weighted by Gasteiger charge is 2.35. The summed E-state index contributed by atoms with van der Waals surface area (Å²) in [5.74, 6) is -0.200. The van der Waals surface area contributed by atoms with Crippen LogP contribution in [-0.4, -0.2) is 56.5 Å². The van der Waals surface area contributed by atoms with E-state index < -0.39 is 16.2 Å². The van der Waals surface area contributed by atoms with Crippen molar-refractivity contribution in [1.82, 2.24) is 10.2 Å². The third kappa shape index (κ3) is 4.97. The van der Waals surface area contributed by atoms with Crippen molar-refractivity contribution in [3.05, 3.63) is 35.9 Å². The number of benzene rings is 1. The Kier molecular flexibility index (Phi) is 5.38. The summed E-state index contributed by atoms with van der Waals surface area (Å²) >= 11 is 0. The molecule has 1 saturated heterocycles. The molecule has 1 aromatic carbocycles. The lowest BCUT2D eigenvalue weighted by atomic mass is 10.0. The summed E-state index contributed by atoms with van der Waals surface area (Å²) in [6.45, 7) is 1.15. The number of rotatable bonds is 6. The van der Waals surface area contributed by atoms with Crippen molar-refractivity contribution in [3.63, 3.8) is 0 Å². The lowest BCUT2D eigenvalue weighted by Crippen LogP contribution is -2.38. The SMILES string of the molecule is CS(=O)(=O)OCC1CN(C(=O)O)CC1NCc1ccccc1. The van der Waals surface area contributed by atoms with Gasteiger partial charge in [-0.25, -0.2) is 4.79 Å². The van der Waals surface area contributed by atoms with Crippen molar-refractivity contribution < 1.29 is 22.5 Å². The van der Waals surface area contributed by atoms with Gasteiger partial charge in [-0.05, 0) is 5.56 Å². The van der Waals surface area contributed by atoms with E-state index in [0.29, 0.717) is 13.1 Å². The highest BCUT2D eigenvalue weighted by atomic mass is 32.2. The fraction of sp³-hybridized carbons (Fsp3) is 0.500. The van der Waals surface area contributed by atoms with Crippen molar-refractivity contribution >= 4 is 16.2 Å². The number of carbonyl (C=O) groups is 1. The summed E-state index contributed by atoms with van der Waals surface area (Å²) in [7, 11) is -3.53. The van der Waals surface area contributed by atoms with Gasteiger partial charge in [0, 0.05) is 31.6 Å². The van der Waals surface area contributed by atoms with E-state index in [2.05, 4.69) is 5.32 Å². The molecular formula is C14H20N2O5S. The second-order valence-electron chi connectivity index (χ2n) is 5.41. The summed E-state index contributed by atoms with van der Waals surface area (Å²) in [5, 5.41) is 12.4. The molecule has 8 heteroatoms. The van der Waals surface area contributed by atoms with Gasteiger partial charge in [0.1, 0.15) is 0 Å². The minimum Gasteiger partial charge on any atom is -0.465 e. The van der Waals surface area contributed by atoms with Gasteiger partial charge >= 0.3 is 6.09 Å². The minimum atomic E-state index is -3.53.